The van der Waals surface area contributed by atoms with Crippen LogP contribution in [0.2, 0.25) is 0 Å². The quantitative estimate of drug-likeness (QED) is 0.561. The molecule has 4 rings (SSSR count). The minimum atomic E-state index is -0.548. The number of ether oxygens (including phenoxy) is 3. The number of fused-ring (bicyclic) bond motifs is 1. The van der Waals surface area contributed by atoms with Gasteiger partial charge in [0.05, 0.1) is 31.6 Å². The summed E-state index contributed by atoms with van der Waals surface area (Å²) in [5, 5.41) is 15.6. The summed E-state index contributed by atoms with van der Waals surface area (Å²) in [6.07, 6.45) is 4.10. The molecular formula is C23H27N3O6. The number of amides is 2. The lowest BCUT2D eigenvalue weighted by Crippen LogP contribution is -2.51. The van der Waals surface area contributed by atoms with Gasteiger partial charge in [0, 0.05) is 18.9 Å². The van der Waals surface area contributed by atoms with Crippen LogP contribution in [0.25, 0.3) is 0 Å². The summed E-state index contributed by atoms with van der Waals surface area (Å²) in [6, 6.07) is 8.88. The van der Waals surface area contributed by atoms with E-state index in [1.165, 1.54) is 0 Å². The van der Waals surface area contributed by atoms with E-state index < -0.39 is 6.10 Å². The van der Waals surface area contributed by atoms with Crippen molar-refractivity contribution in [2.45, 2.75) is 50.5 Å². The first kappa shape index (κ1) is 22.0. The van der Waals surface area contributed by atoms with Gasteiger partial charge >= 0.3 is 0 Å². The molecule has 9 heteroatoms. The van der Waals surface area contributed by atoms with Crippen LogP contribution in [0.1, 0.15) is 30.4 Å². The molecule has 3 heterocycles. The molecular weight excluding hydrogens is 414 g/mol. The Hall–Kier alpha value is -3.17. The van der Waals surface area contributed by atoms with E-state index in [4.69, 9.17) is 14.2 Å². The minimum absolute atomic E-state index is 0.136. The van der Waals surface area contributed by atoms with E-state index in [1.807, 2.05) is 24.3 Å². The van der Waals surface area contributed by atoms with Crippen LogP contribution in [0.4, 0.5) is 0 Å². The fourth-order valence-electron chi connectivity index (χ4n) is 3.92. The van der Waals surface area contributed by atoms with Crippen molar-refractivity contribution in [2.24, 2.45) is 0 Å². The standard InChI is InChI=1S/C23H27N3O6/c27-13-21-18(26-23(29)9-15-2-1-7-24-11-15)5-4-17(32-21)10-22(28)25-12-16-3-6-19-20(8-16)31-14-30-19/h1-3,6-8,11,17-18,21,27H,4-5,9-10,12-14H2,(H,25,28)(H,26,29)/t17-,18+,21-/m0/s1. The van der Waals surface area contributed by atoms with Gasteiger partial charge in [0.1, 0.15) is 6.10 Å². The fourth-order valence-corrected chi connectivity index (χ4v) is 3.92. The van der Waals surface area contributed by atoms with Crippen LogP contribution in [-0.4, -0.2) is 53.6 Å². The molecule has 32 heavy (non-hydrogen) atoms. The SMILES string of the molecule is O=C(C[C@@H]1CC[C@@H](NC(=O)Cc2cccnc2)[C@H](CO)O1)NCc1ccc2c(c1)OCO2. The van der Waals surface area contributed by atoms with Crippen molar-refractivity contribution in [3.05, 3.63) is 53.9 Å². The fraction of sp³-hybridized carbons (Fsp3) is 0.435. The molecule has 3 N–H and O–H groups in total. The Morgan fingerprint density at radius 2 is 1.97 bits per heavy atom. The number of carbonyl (C=O) groups is 2. The van der Waals surface area contributed by atoms with Gasteiger partial charge in [-0.2, -0.15) is 0 Å². The molecule has 1 aromatic carbocycles. The Morgan fingerprint density at radius 1 is 1.09 bits per heavy atom. The maximum absolute atomic E-state index is 12.4. The maximum atomic E-state index is 12.4. The second-order valence-corrected chi connectivity index (χ2v) is 7.94. The maximum Gasteiger partial charge on any atom is 0.231 e. The number of aromatic nitrogens is 1. The van der Waals surface area contributed by atoms with Crippen molar-refractivity contribution in [2.75, 3.05) is 13.4 Å². The van der Waals surface area contributed by atoms with E-state index in [0.29, 0.717) is 30.9 Å². The molecule has 3 atom stereocenters. The Balaban J connectivity index is 1.22. The van der Waals surface area contributed by atoms with Crippen LogP contribution < -0.4 is 20.1 Å². The van der Waals surface area contributed by atoms with Gasteiger partial charge < -0.3 is 30.0 Å². The van der Waals surface area contributed by atoms with Crippen molar-refractivity contribution in [3.63, 3.8) is 0 Å². The zero-order chi connectivity index (χ0) is 22.3. The summed E-state index contributed by atoms with van der Waals surface area (Å²) in [4.78, 5) is 28.7. The van der Waals surface area contributed by atoms with E-state index in [0.717, 1.165) is 11.1 Å². The average Bonchev–Trinajstić information content (AvgIpc) is 3.27. The molecule has 0 spiro atoms. The van der Waals surface area contributed by atoms with Crippen LogP contribution in [0.5, 0.6) is 11.5 Å². The Bertz CT molecular complexity index is 939. The first-order valence-corrected chi connectivity index (χ1v) is 10.7. The highest BCUT2D eigenvalue weighted by molar-refractivity contribution is 5.79. The first-order valence-electron chi connectivity index (χ1n) is 10.7. The summed E-state index contributed by atoms with van der Waals surface area (Å²) in [5.41, 5.74) is 1.73. The van der Waals surface area contributed by atoms with E-state index in [2.05, 4.69) is 15.6 Å². The van der Waals surface area contributed by atoms with Crippen molar-refractivity contribution >= 4 is 11.8 Å². The van der Waals surface area contributed by atoms with Gasteiger partial charge in [0.25, 0.3) is 0 Å². The van der Waals surface area contributed by atoms with Gasteiger partial charge in [0.15, 0.2) is 11.5 Å². The number of hydrogen-bond acceptors (Lipinski definition) is 7. The third kappa shape index (κ3) is 5.74. The first-order chi connectivity index (χ1) is 15.6. The molecule has 2 aliphatic rings. The number of nitrogens with zero attached hydrogens (tertiary/aromatic N) is 1. The number of rotatable bonds is 8. The molecule has 0 unspecified atom stereocenters. The third-order valence-corrected chi connectivity index (χ3v) is 5.57. The largest absolute Gasteiger partial charge is 0.454 e. The van der Waals surface area contributed by atoms with Crippen molar-refractivity contribution in [1.29, 1.82) is 0 Å². The second-order valence-electron chi connectivity index (χ2n) is 7.94. The molecule has 9 nitrogen and oxygen atoms in total. The highest BCUT2D eigenvalue weighted by atomic mass is 16.7. The number of aliphatic hydroxyl groups excluding tert-OH is 1. The lowest BCUT2D eigenvalue weighted by atomic mass is 9.96. The molecule has 1 aromatic heterocycles. The third-order valence-electron chi connectivity index (χ3n) is 5.57. The Kier molecular flexibility index (Phi) is 7.18. The van der Waals surface area contributed by atoms with Gasteiger partial charge in [-0.15, -0.1) is 0 Å². The van der Waals surface area contributed by atoms with Gasteiger partial charge in [-0.25, -0.2) is 0 Å². The predicted octanol–water partition coefficient (Wildman–Crippen LogP) is 1.08. The lowest BCUT2D eigenvalue weighted by molar-refractivity contribution is -0.135. The second kappa shape index (κ2) is 10.4. The zero-order valence-corrected chi connectivity index (χ0v) is 17.7. The number of hydrogen-bond donors (Lipinski definition) is 3. The normalized spacial score (nSPS) is 21.7. The molecule has 1 saturated heterocycles. The van der Waals surface area contributed by atoms with Crippen molar-refractivity contribution < 1.29 is 28.9 Å². The van der Waals surface area contributed by atoms with Crippen molar-refractivity contribution in [1.82, 2.24) is 15.6 Å². The number of carbonyl (C=O) groups excluding carboxylic acids is 2. The Labute approximate surface area is 186 Å². The zero-order valence-electron chi connectivity index (χ0n) is 17.7. The molecule has 2 aromatic rings. The van der Waals surface area contributed by atoms with Crippen LogP contribution in [-0.2, 0) is 27.3 Å². The van der Waals surface area contributed by atoms with Gasteiger partial charge in [-0.1, -0.05) is 12.1 Å². The van der Waals surface area contributed by atoms with E-state index in [1.54, 1.807) is 18.5 Å². The number of benzene rings is 1. The summed E-state index contributed by atoms with van der Waals surface area (Å²) in [6.45, 7) is 0.354. The predicted molar refractivity (Wildman–Crippen MR) is 114 cm³/mol. The van der Waals surface area contributed by atoms with Crippen LogP contribution >= 0.6 is 0 Å². The average molecular weight is 441 g/mol. The number of nitrogens with one attached hydrogen (secondary N) is 2. The highest BCUT2D eigenvalue weighted by Gasteiger charge is 2.32. The molecule has 2 aliphatic heterocycles. The molecule has 1 fully saturated rings. The summed E-state index contributed by atoms with van der Waals surface area (Å²) in [7, 11) is 0. The van der Waals surface area contributed by atoms with Crippen molar-refractivity contribution in [3.8, 4) is 11.5 Å². The lowest BCUT2D eigenvalue weighted by Gasteiger charge is -2.36. The molecule has 0 aliphatic carbocycles. The smallest absolute Gasteiger partial charge is 0.231 e. The molecule has 0 radical (unpaired) electrons. The van der Waals surface area contributed by atoms with Crippen LogP contribution in [0.3, 0.4) is 0 Å². The minimum Gasteiger partial charge on any atom is -0.454 e. The van der Waals surface area contributed by atoms with Gasteiger partial charge in [-0.05, 0) is 42.2 Å². The molecule has 170 valence electrons. The highest BCUT2D eigenvalue weighted by Crippen LogP contribution is 2.32. The van der Waals surface area contributed by atoms with Crippen LogP contribution in [0, 0.1) is 0 Å². The molecule has 0 bridgehead atoms. The number of pyridine rings is 1. The van der Waals surface area contributed by atoms with E-state index >= 15 is 0 Å². The summed E-state index contributed by atoms with van der Waals surface area (Å²) in [5.74, 6) is 1.09. The molecule has 2 amide bonds. The van der Waals surface area contributed by atoms with Crippen LogP contribution in [0.15, 0.2) is 42.7 Å². The topological polar surface area (TPSA) is 119 Å². The molecule has 0 saturated carbocycles. The Morgan fingerprint density at radius 3 is 2.78 bits per heavy atom. The van der Waals surface area contributed by atoms with E-state index in [-0.39, 0.29) is 50.2 Å². The summed E-state index contributed by atoms with van der Waals surface area (Å²) < 4.78 is 16.5. The van der Waals surface area contributed by atoms with E-state index in [9.17, 15) is 14.7 Å². The number of aliphatic hydroxyl groups is 1. The monoisotopic (exact) mass is 441 g/mol. The summed E-state index contributed by atoms with van der Waals surface area (Å²) >= 11 is 0. The van der Waals surface area contributed by atoms with Gasteiger partial charge in [0.2, 0.25) is 18.6 Å². The van der Waals surface area contributed by atoms with Gasteiger partial charge in [-0.3, -0.25) is 14.6 Å².